The third kappa shape index (κ3) is 7.19. The molecule has 2 aliphatic rings. The number of ether oxygens (including phenoxy) is 3. The van der Waals surface area contributed by atoms with Gasteiger partial charge in [-0.15, -0.1) is 0 Å². The van der Waals surface area contributed by atoms with Crippen molar-refractivity contribution in [1.82, 2.24) is 40.4 Å². The van der Waals surface area contributed by atoms with Gasteiger partial charge in [-0.2, -0.15) is 0 Å². The van der Waals surface area contributed by atoms with Gasteiger partial charge in [0.05, 0.1) is 55.5 Å². The predicted octanol–water partition coefficient (Wildman–Crippen LogP) is 4.42. The van der Waals surface area contributed by atoms with Crippen LogP contribution in [0.3, 0.4) is 0 Å². The lowest BCUT2D eigenvalue weighted by atomic mass is 9.98. The van der Waals surface area contributed by atoms with E-state index in [-0.39, 0.29) is 48.7 Å². The number of carbonyl (C=O) groups excluding carboxylic acids is 4. The Hall–Kier alpha value is -6.65. The highest BCUT2D eigenvalue weighted by Crippen LogP contribution is 2.40. The van der Waals surface area contributed by atoms with Gasteiger partial charge in [-0.3, -0.25) is 14.4 Å². The van der Waals surface area contributed by atoms with Crippen LogP contribution < -0.4 is 20.8 Å². The summed E-state index contributed by atoms with van der Waals surface area (Å²) >= 11 is 0. The molecule has 0 spiro atoms. The summed E-state index contributed by atoms with van der Waals surface area (Å²) in [5, 5.41) is 5.19. The first-order valence-electron chi connectivity index (χ1n) is 17.8. The number of aromatic amines is 2. The van der Waals surface area contributed by atoms with Gasteiger partial charge in [0.2, 0.25) is 23.0 Å². The second-order valence-corrected chi connectivity index (χ2v) is 13.1. The smallest absolute Gasteiger partial charge is 0.407 e. The Bertz CT molecular complexity index is 2350. The first kappa shape index (κ1) is 36.7. The number of hydrogen-bond acceptors (Lipinski definition) is 11. The van der Waals surface area contributed by atoms with Crippen LogP contribution in [0.5, 0.6) is 5.75 Å². The van der Waals surface area contributed by atoms with Crippen molar-refractivity contribution in [2.45, 2.75) is 45.4 Å². The Balaban J connectivity index is 1.09. The normalized spacial score (nSPS) is 15.1. The molecule has 1 saturated heterocycles. The summed E-state index contributed by atoms with van der Waals surface area (Å²) in [5.41, 5.74) is 4.57. The molecule has 1 fully saturated rings. The lowest BCUT2D eigenvalue weighted by Gasteiger charge is -2.26. The number of hydrogen-bond donors (Lipinski definition) is 4. The Labute approximate surface area is 314 Å². The van der Waals surface area contributed by atoms with Crippen molar-refractivity contribution in [1.29, 1.82) is 0 Å². The van der Waals surface area contributed by atoms with Crippen LogP contribution in [-0.2, 0) is 25.7 Å². The van der Waals surface area contributed by atoms with E-state index in [0.717, 1.165) is 35.2 Å². The van der Waals surface area contributed by atoms with Gasteiger partial charge in [0.1, 0.15) is 36.9 Å². The van der Waals surface area contributed by atoms with Crippen molar-refractivity contribution in [3.63, 3.8) is 0 Å². The molecule has 2 atom stereocenters. The van der Waals surface area contributed by atoms with E-state index in [1.807, 2.05) is 38.1 Å². The van der Waals surface area contributed by atoms with Gasteiger partial charge < -0.3 is 49.0 Å². The molecule has 5 heterocycles. The number of likely N-dealkylation sites (N-methyl/N-ethyl adjacent to an activating group) is 1. The average molecular weight is 753 g/mol. The number of fused-ring (bicyclic) bond motifs is 4. The van der Waals surface area contributed by atoms with Crippen molar-refractivity contribution in [3.8, 4) is 39.6 Å². The van der Waals surface area contributed by atoms with Gasteiger partial charge in [0.25, 0.3) is 0 Å². The maximum Gasteiger partial charge on any atom is 0.407 e. The van der Waals surface area contributed by atoms with Gasteiger partial charge in [-0.25, -0.2) is 19.6 Å². The summed E-state index contributed by atoms with van der Waals surface area (Å²) in [5.74, 6) is 1.13. The van der Waals surface area contributed by atoms with E-state index in [9.17, 15) is 24.0 Å². The van der Waals surface area contributed by atoms with Crippen molar-refractivity contribution >= 4 is 35.0 Å². The van der Waals surface area contributed by atoms with Crippen LogP contribution in [0.15, 0.2) is 58.0 Å². The van der Waals surface area contributed by atoms with Crippen molar-refractivity contribution in [3.05, 3.63) is 76.2 Å². The number of methoxy groups -OCH3 is 2. The molecule has 0 saturated carbocycles. The summed E-state index contributed by atoms with van der Waals surface area (Å²) in [6, 6.07) is 10.4. The largest absolute Gasteiger partial charge is 0.481 e. The Morgan fingerprint density at radius 1 is 0.982 bits per heavy atom. The Morgan fingerprint density at radius 2 is 1.69 bits per heavy atom. The number of H-pyrrole nitrogens is 2. The van der Waals surface area contributed by atoms with Gasteiger partial charge in [-0.05, 0) is 56.5 Å². The highest BCUT2D eigenvalue weighted by atomic mass is 16.5. The quantitative estimate of drug-likeness (QED) is 0.157. The Kier molecular flexibility index (Phi) is 10.3. The van der Waals surface area contributed by atoms with Crippen LogP contribution in [0.1, 0.15) is 56.0 Å². The molecular formula is C38H40N8O9. The molecule has 7 rings (SSSR count). The summed E-state index contributed by atoms with van der Waals surface area (Å²) in [4.78, 5) is 81.4. The molecule has 0 aliphatic carbocycles. The number of carbonyl (C=O) groups is 4. The minimum atomic E-state index is -0.694. The van der Waals surface area contributed by atoms with E-state index in [1.165, 1.54) is 14.2 Å². The van der Waals surface area contributed by atoms with Crippen molar-refractivity contribution in [2.24, 2.45) is 0 Å². The molecule has 0 unspecified atom stereocenters. The number of amides is 4. The third-order valence-corrected chi connectivity index (χ3v) is 9.94. The number of nitrogens with zero attached hydrogens (tertiary/aromatic N) is 4. The zero-order chi connectivity index (χ0) is 38.8. The fraction of sp³-hybridized carbons (Fsp3) is 0.342. The van der Waals surface area contributed by atoms with Crippen LogP contribution in [0.25, 0.3) is 44.8 Å². The summed E-state index contributed by atoms with van der Waals surface area (Å²) in [7, 11) is 2.47. The molecule has 4 N–H and O–H groups in total. The fourth-order valence-corrected chi connectivity index (χ4v) is 7.06. The maximum absolute atomic E-state index is 13.8. The molecule has 3 aromatic heterocycles. The third-order valence-electron chi connectivity index (χ3n) is 9.94. The second-order valence-electron chi connectivity index (χ2n) is 13.1. The molecule has 2 aliphatic heterocycles. The SMILES string of the molecule is CCN(C(=O)CNC(=O)OC)[C@@H](C)c1ncc(-c2ccc3oc4c(c(=O)c3c2)OCc2cc(-c3cnc([C@@H]5CCCN5C(=O)CNC(=O)OC)[nH]3)ccc2-4)[nH]1. The molecule has 17 heteroatoms. The lowest BCUT2D eigenvalue weighted by molar-refractivity contribution is -0.132. The van der Waals surface area contributed by atoms with Crippen molar-refractivity contribution < 1.29 is 37.8 Å². The molecular weight excluding hydrogens is 712 g/mol. The lowest BCUT2D eigenvalue weighted by Crippen LogP contribution is -2.41. The van der Waals surface area contributed by atoms with E-state index in [1.54, 1.807) is 34.3 Å². The van der Waals surface area contributed by atoms with Crippen LogP contribution in [-0.4, -0.2) is 94.1 Å². The second kappa shape index (κ2) is 15.4. The number of benzene rings is 2. The van der Waals surface area contributed by atoms with E-state index >= 15 is 0 Å². The zero-order valence-electron chi connectivity index (χ0n) is 30.7. The van der Waals surface area contributed by atoms with Crippen LogP contribution in [0.4, 0.5) is 9.59 Å². The summed E-state index contributed by atoms with van der Waals surface area (Å²) in [6.07, 6.45) is 3.55. The number of rotatable bonds is 10. The molecule has 17 nitrogen and oxygen atoms in total. The number of aromatic nitrogens is 4. The van der Waals surface area contributed by atoms with Gasteiger partial charge in [0.15, 0.2) is 5.76 Å². The highest BCUT2D eigenvalue weighted by molar-refractivity contribution is 5.87. The summed E-state index contributed by atoms with van der Waals surface area (Å²) < 4.78 is 21.5. The number of imidazole rings is 2. The van der Waals surface area contributed by atoms with Crippen LogP contribution >= 0.6 is 0 Å². The number of likely N-dealkylation sites (tertiary alicyclic amines) is 1. The number of alkyl carbamates (subject to hydrolysis) is 2. The van der Waals surface area contributed by atoms with Gasteiger partial charge in [-0.1, -0.05) is 12.1 Å². The Morgan fingerprint density at radius 3 is 2.45 bits per heavy atom. The average Bonchev–Trinajstić information content (AvgIpc) is 4.01. The molecule has 2 aromatic carbocycles. The van der Waals surface area contributed by atoms with Crippen molar-refractivity contribution in [2.75, 3.05) is 40.4 Å². The predicted molar refractivity (Wildman–Crippen MR) is 198 cm³/mol. The van der Waals surface area contributed by atoms with Crippen LogP contribution in [0.2, 0.25) is 0 Å². The highest BCUT2D eigenvalue weighted by Gasteiger charge is 2.32. The molecule has 4 amide bonds. The van der Waals surface area contributed by atoms with Crippen LogP contribution in [0, 0.1) is 0 Å². The topological polar surface area (TPSA) is 214 Å². The number of nitrogens with one attached hydrogen (secondary N) is 4. The minimum Gasteiger partial charge on any atom is -0.481 e. The van der Waals surface area contributed by atoms with Gasteiger partial charge >= 0.3 is 12.2 Å². The monoisotopic (exact) mass is 752 g/mol. The first-order chi connectivity index (χ1) is 26.6. The molecule has 286 valence electrons. The van der Waals surface area contributed by atoms with E-state index < -0.39 is 18.2 Å². The molecule has 0 bridgehead atoms. The molecule has 55 heavy (non-hydrogen) atoms. The fourth-order valence-electron chi connectivity index (χ4n) is 7.06. The van der Waals surface area contributed by atoms with E-state index in [0.29, 0.717) is 52.7 Å². The van der Waals surface area contributed by atoms with E-state index in [2.05, 4.69) is 40.0 Å². The molecule has 5 aromatic rings. The maximum atomic E-state index is 13.8. The zero-order valence-corrected chi connectivity index (χ0v) is 30.7. The summed E-state index contributed by atoms with van der Waals surface area (Å²) in [6.45, 7) is 4.38. The van der Waals surface area contributed by atoms with Gasteiger partial charge in [0, 0.05) is 29.8 Å². The molecule has 0 radical (unpaired) electrons. The first-order valence-corrected chi connectivity index (χ1v) is 17.8. The van der Waals surface area contributed by atoms with E-state index in [4.69, 9.17) is 9.15 Å². The minimum absolute atomic E-state index is 0.123. The standard InChI is InChI=1S/C38H40N8O9/c1-5-45(30(47)17-41-37(50)52-3)20(2)35-39-15-27(43-35)22-9-11-29-25(14-22)32(49)34-33(55-29)24-10-8-21(13-23(24)19-54-34)26-16-40-36(44-26)28-7-6-12-46(28)31(48)18-42-38(51)53-4/h8-11,13-16,20,28H,5-7,12,17-19H2,1-4H3,(H,39,43)(H,40,44)(H,41,50)(H,42,51)/t20-,28-/m0/s1.